The molecule has 1 atom stereocenters. The minimum atomic E-state index is 0.155. The zero-order valence-electron chi connectivity index (χ0n) is 19.6. The number of ether oxygens (including phenoxy) is 1. The van der Waals surface area contributed by atoms with Crippen molar-refractivity contribution in [3.63, 3.8) is 0 Å². The summed E-state index contributed by atoms with van der Waals surface area (Å²) in [5.74, 6) is 1.81. The molecule has 2 aliphatic carbocycles. The third-order valence-corrected chi connectivity index (χ3v) is 7.01. The lowest BCUT2D eigenvalue weighted by atomic mass is 10.0. The maximum absolute atomic E-state index is 12.8. The maximum Gasteiger partial charge on any atom is 0.225 e. The lowest BCUT2D eigenvalue weighted by Crippen LogP contribution is -2.56. The second-order valence-electron chi connectivity index (χ2n) is 9.39. The van der Waals surface area contributed by atoms with Gasteiger partial charge in [0.25, 0.3) is 0 Å². The van der Waals surface area contributed by atoms with Crippen LogP contribution in [0.2, 0.25) is 0 Å². The zero-order chi connectivity index (χ0) is 23.7. The first kappa shape index (κ1) is 22.5. The Bertz CT molecular complexity index is 1130. The molecule has 3 aliphatic rings. The smallest absolute Gasteiger partial charge is 0.225 e. The Morgan fingerprint density at radius 1 is 1.26 bits per heavy atom. The molecule has 176 valence electrons. The van der Waals surface area contributed by atoms with Gasteiger partial charge in [-0.25, -0.2) is 15.0 Å². The fourth-order valence-electron chi connectivity index (χ4n) is 4.87. The van der Waals surface area contributed by atoms with Gasteiger partial charge < -0.3 is 14.5 Å². The van der Waals surface area contributed by atoms with Crippen LogP contribution in [0.3, 0.4) is 0 Å². The number of aromatic nitrogens is 3. The van der Waals surface area contributed by atoms with Gasteiger partial charge >= 0.3 is 0 Å². The van der Waals surface area contributed by atoms with Gasteiger partial charge in [-0.1, -0.05) is 6.58 Å². The van der Waals surface area contributed by atoms with Crippen LogP contribution in [0, 0.1) is 17.2 Å². The zero-order valence-corrected chi connectivity index (χ0v) is 19.6. The number of methoxy groups -OCH3 is 1. The molecule has 1 amide bonds. The van der Waals surface area contributed by atoms with Gasteiger partial charge in [0.2, 0.25) is 5.91 Å². The number of hydrogen-bond donors (Lipinski definition) is 0. The van der Waals surface area contributed by atoms with Crippen LogP contribution in [0.15, 0.2) is 25.0 Å². The molecule has 2 saturated carbocycles. The molecule has 8 heteroatoms. The summed E-state index contributed by atoms with van der Waals surface area (Å²) in [5, 5.41) is 10.0. The Kier molecular flexibility index (Phi) is 6.29. The van der Waals surface area contributed by atoms with Crippen molar-refractivity contribution in [1.82, 2.24) is 19.9 Å². The van der Waals surface area contributed by atoms with Crippen molar-refractivity contribution in [2.75, 3.05) is 38.3 Å². The van der Waals surface area contributed by atoms with Gasteiger partial charge in [0.05, 0.1) is 41.7 Å². The van der Waals surface area contributed by atoms with Crippen LogP contribution in [-0.2, 0) is 9.53 Å². The molecule has 0 unspecified atom stereocenters. The van der Waals surface area contributed by atoms with Crippen molar-refractivity contribution >= 4 is 17.8 Å². The van der Waals surface area contributed by atoms with E-state index in [1.54, 1.807) is 13.2 Å². The molecule has 34 heavy (non-hydrogen) atoms. The Morgan fingerprint density at radius 3 is 2.76 bits per heavy atom. The summed E-state index contributed by atoms with van der Waals surface area (Å²) in [6.07, 6.45) is 8.12. The monoisotopic (exact) mass is 458 g/mol. The van der Waals surface area contributed by atoms with E-state index in [-0.39, 0.29) is 11.9 Å². The molecule has 1 saturated heterocycles. The average molecular weight is 459 g/mol. The topological polar surface area (TPSA) is 95.2 Å². The van der Waals surface area contributed by atoms with Gasteiger partial charge in [-0.05, 0) is 49.8 Å². The summed E-state index contributed by atoms with van der Waals surface area (Å²) < 4.78 is 5.12. The van der Waals surface area contributed by atoms with E-state index >= 15 is 0 Å². The largest absolute Gasteiger partial charge is 0.384 e. The summed E-state index contributed by atoms with van der Waals surface area (Å²) in [4.78, 5) is 30.8. The highest BCUT2D eigenvalue weighted by Crippen LogP contribution is 2.45. The van der Waals surface area contributed by atoms with E-state index in [1.165, 1.54) is 6.33 Å². The minimum Gasteiger partial charge on any atom is -0.384 e. The fourth-order valence-corrected chi connectivity index (χ4v) is 4.87. The lowest BCUT2D eigenvalue weighted by Gasteiger charge is -2.42. The lowest BCUT2D eigenvalue weighted by molar-refractivity contribution is -0.135. The molecule has 5 rings (SSSR count). The quantitative estimate of drug-likeness (QED) is 0.598. The molecule has 8 nitrogen and oxygen atoms in total. The van der Waals surface area contributed by atoms with E-state index < -0.39 is 0 Å². The molecule has 1 aliphatic heterocycles. The Balaban J connectivity index is 1.47. The summed E-state index contributed by atoms with van der Waals surface area (Å²) in [7, 11) is 1.62. The number of nitrogens with zero attached hydrogens (tertiary/aromatic N) is 6. The molecule has 3 fully saturated rings. The SMILES string of the molecule is C=Cc1cc(-c2cc(C#N)c(N3CCN(C(=O)CCOC)[C@H](C4CC4)C3)nc2C2CC2)ncn1. The molecule has 0 radical (unpaired) electrons. The summed E-state index contributed by atoms with van der Waals surface area (Å²) >= 11 is 0. The number of hydrogen-bond acceptors (Lipinski definition) is 7. The van der Waals surface area contributed by atoms with Gasteiger partial charge in [-0.2, -0.15) is 5.26 Å². The molecule has 0 bridgehead atoms. The van der Waals surface area contributed by atoms with Gasteiger partial charge in [-0.3, -0.25) is 4.79 Å². The predicted octanol–water partition coefficient (Wildman–Crippen LogP) is 3.39. The molecular weight excluding hydrogens is 428 g/mol. The second kappa shape index (κ2) is 9.51. The van der Waals surface area contributed by atoms with Crippen LogP contribution in [0.4, 0.5) is 5.82 Å². The fraction of sp³-hybridized carbons (Fsp3) is 0.500. The van der Waals surface area contributed by atoms with E-state index in [2.05, 4.69) is 27.5 Å². The van der Waals surface area contributed by atoms with Crippen LogP contribution >= 0.6 is 0 Å². The summed E-state index contributed by atoms with van der Waals surface area (Å²) in [5.41, 5.74) is 3.97. The van der Waals surface area contributed by atoms with Crippen molar-refractivity contribution in [2.45, 2.75) is 44.1 Å². The normalized spacial score (nSPS) is 20.2. The number of carbonyl (C=O) groups is 1. The number of nitriles is 1. The van der Waals surface area contributed by atoms with Gasteiger partial charge in [-0.15, -0.1) is 0 Å². The maximum atomic E-state index is 12.8. The molecule has 0 spiro atoms. The third kappa shape index (κ3) is 4.53. The predicted molar refractivity (Wildman–Crippen MR) is 129 cm³/mol. The van der Waals surface area contributed by atoms with E-state index in [0.29, 0.717) is 50.1 Å². The van der Waals surface area contributed by atoms with Gasteiger partial charge in [0, 0.05) is 38.2 Å². The van der Waals surface area contributed by atoms with Crippen LogP contribution in [0.25, 0.3) is 17.3 Å². The van der Waals surface area contributed by atoms with Crippen LogP contribution in [-0.4, -0.2) is 65.2 Å². The molecular formula is C26H30N6O2. The van der Waals surface area contributed by atoms with Gasteiger partial charge in [0.15, 0.2) is 0 Å². The summed E-state index contributed by atoms with van der Waals surface area (Å²) in [6, 6.07) is 6.37. The number of pyridine rings is 1. The number of amides is 1. The van der Waals surface area contributed by atoms with Crippen molar-refractivity contribution < 1.29 is 9.53 Å². The average Bonchev–Trinajstić information content (AvgIpc) is 3.79. The minimum absolute atomic E-state index is 0.155. The highest BCUT2D eigenvalue weighted by molar-refractivity contribution is 5.77. The van der Waals surface area contributed by atoms with Crippen molar-refractivity contribution in [2.24, 2.45) is 5.92 Å². The first-order chi connectivity index (χ1) is 16.6. The van der Waals surface area contributed by atoms with Gasteiger partial charge in [0.1, 0.15) is 18.2 Å². The Morgan fingerprint density at radius 2 is 2.09 bits per heavy atom. The van der Waals surface area contributed by atoms with Crippen LogP contribution in [0.1, 0.15) is 55.0 Å². The van der Waals surface area contributed by atoms with E-state index in [4.69, 9.17) is 9.72 Å². The molecule has 0 aromatic carbocycles. The van der Waals surface area contributed by atoms with E-state index in [1.807, 2.05) is 17.0 Å². The van der Waals surface area contributed by atoms with E-state index in [9.17, 15) is 10.1 Å². The molecule has 0 N–H and O–H groups in total. The van der Waals surface area contributed by atoms with Crippen molar-refractivity contribution in [1.29, 1.82) is 5.26 Å². The van der Waals surface area contributed by atoms with Crippen LogP contribution < -0.4 is 4.90 Å². The molecule has 2 aromatic rings. The number of carbonyl (C=O) groups excluding carboxylic acids is 1. The third-order valence-electron chi connectivity index (χ3n) is 7.01. The first-order valence-corrected chi connectivity index (χ1v) is 12.1. The number of rotatable bonds is 8. The number of piperazine rings is 1. The summed E-state index contributed by atoms with van der Waals surface area (Å²) in [6.45, 7) is 6.27. The number of anilines is 1. The van der Waals surface area contributed by atoms with Crippen LogP contribution in [0.5, 0.6) is 0 Å². The molecule has 2 aromatic heterocycles. The highest BCUT2D eigenvalue weighted by atomic mass is 16.5. The molecule has 3 heterocycles. The Hall–Kier alpha value is -3.31. The first-order valence-electron chi connectivity index (χ1n) is 12.1. The highest BCUT2D eigenvalue weighted by Gasteiger charge is 2.41. The second-order valence-corrected chi connectivity index (χ2v) is 9.39. The van der Waals surface area contributed by atoms with E-state index in [0.717, 1.165) is 54.1 Å². The van der Waals surface area contributed by atoms with Crippen molar-refractivity contribution in [3.8, 4) is 17.3 Å². The Labute approximate surface area is 200 Å². The standard InChI is InChI=1S/C26H30N6O2/c1-3-20-13-22(29-16-28-20)21-12-19(14-27)26(30-25(21)18-6-7-18)31-9-10-32(24(33)8-11-34-2)23(15-31)17-4-5-17/h3,12-13,16-18,23H,1,4-11,15H2,2H3/t23-/m0/s1. The van der Waals surface area contributed by atoms with Crippen molar-refractivity contribution in [3.05, 3.63) is 42.0 Å².